The molecule has 1 aromatic heterocycles. The summed E-state index contributed by atoms with van der Waals surface area (Å²) in [6.45, 7) is 4.80. The Morgan fingerprint density at radius 3 is 2.86 bits per heavy atom. The molecule has 0 saturated heterocycles. The molecule has 114 valence electrons. The van der Waals surface area contributed by atoms with Gasteiger partial charge in [-0.05, 0) is 24.8 Å². The molecule has 5 heteroatoms. The van der Waals surface area contributed by atoms with Crippen LogP contribution in [0.4, 0.5) is 5.69 Å². The van der Waals surface area contributed by atoms with Crippen LogP contribution in [0, 0.1) is 12.8 Å². The number of nitrogen functional groups attached to an aromatic ring is 1. The summed E-state index contributed by atoms with van der Waals surface area (Å²) in [5.74, 6) is 0.181. The van der Waals surface area contributed by atoms with Crippen LogP contribution < -0.4 is 11.1 Å². The van der Waals surface area contributed by atoms with E-state index >= 15 is 0 Å². The van der Waals surface area contributed by atoms with Crippen molar-refractivity contribution in [1.82, 2.24) is 5.32 Å². The van der Waals surface area contributed by atoms with Gasteiger partial charge in [-0.2, -0.15) is 0 Å². The number of carbonyl (C=O) groups is 1. The first-order chi connectivity index (χ1) is 10.1. The van der Waals surface area contributed by atoms with Gasteiger partial charge in [0, 0.05) is 23.2 Å². The molecule has 0 aliphatic heterocycles. The van der Waals surface area contributed by atoms with E-state index in [2.05, 4.69) is 12.2 Å². The zero-order chi connectivity index (χ0) is 15.4. The summed E-state index contributed by atoms with van der Waals surface area (Å²) in [6, 6.07) is 5.93. The molecule has 1 aromatic carbocycles. The van der Waals surface area contributed by atoms with E-state index in [9.17, 15) is 4.79 Å². The summed E-state index contributed by atoms with van der Waals surface area (Å²) in [7, 11) is 0. The van der Waals surface area contributed by atoms with Crippen molar-refractivity contribution in [3.05, 3.63) is 28.6 Å². The molecule has 0 spiro atoms. The van der Waals surface area contributed by atoms with Gasteiger partial charge in [-0.25, -0.2) is 0 Å². The molecule has 4 N–H and O–H groups in total. The Kier molecular flexibility index (Phi) is 5.20. The van der Waals surface area contributed by atoms with E-state index in [4.69, 9.17) is 10.8 Å². The Morgan fingerprint density at radius 1 is 1.48 bits per heavy atom. The molecule has 0 aliphatic rings. The third-order valence-corrected chi connectivity index (χ3v) is 5.18. The SMILES string of the molecule is CCC(CCO)CNC(=O)c1sc2c(C)cccc2c1N. The number of benzene rings is 1. The predicted molar refractivity (Wildman–Crippen MR) is 88.8 cm³/mol. The second kappa shape index (κ2) is 6.91. The lowest BCUT2D eigenvalue weighted by molar-refractivity contribution is 0.0948. The molecule has 1 amide bonds. The minimum absolute atomic E-state index is 0.121. The Balaban J connectivity index is 2.16. The molecule has 2 rings (SSSR count). The van der Waals surface area contributed by atoms with Crippen LogP contribution in [0.1, 0.15) is 35.0 Å². The standard InChI is InChI=1S/C16H22N2O2S/c1-3-11(7-8-19)9-18-16(20)15-13(17)12-6-4-5-10(2)14(12)21-15/h4-6,11,19H,3,7-9,17H2,1-2H3,(H,18,20). The van der Waals surface area contributed by atoms with E-state index < -0.39 is 0 Å². The summed E-state index contributed by atoms with van der Waals surface area (Å²) in [5.41, 5.74) is 7.81. The number of aryl methyl sites for hydroxylation is 1. The number of nitrogens with two attached hydrogens (primary N) is 1. The number of amides is 1. The van der Waals surface area contributed by atoms with Crippen LogP contribution in [-0.4, -0.2) is 24.2 Å². The number of aliphatic hydroxyl groups excluding tert-OH is 1. The van der Waals surface area contributed by atoms with Crippen LogP contribution in [0.25, 0.3) is 10.1 Å². The van der Waals surface area contributed by atoms with Crippen molar-refractivity contribution in [2.45, 2.75) is 26.7 Å². The van der Waals surface area contributed by atoms with Crippen molar-refractivity contribution in [3.8, 4) is 0 Å². The molecule has 2 aromatic rings. The maximum absolute atomic E-state index is 12.3. The van der Waals surface area contributed by atoms with Crippen LogP contribution in [0.2, 0.25) is 0 Å². The lowest BCUT2D eigenvalue weighted by Crippen LogP contribution is -2.29. The summed E-state index contributed by atoms with van der Waals surface area (Å²) in [6.07, 6.45) is 1.64. The lowest BCUT2D eigenvalue weighted by Gasteiger charge is -2.13. The highest BCUT2D eigenvalue weighted by Crippen LogP contribution is 2.35. The van der Waals surface area contributed by atoms with Crippen LogP contribution in [0.15, 0.2) is 18.2 Å². The molecule has 1 unspecified atom stereocenters. The van der Waals surface area contributed by atoms with Gasteiger partial charge in [0.25, 0.3) is 5.91 Å². The highest BCUT2D eigenvalue weighted by atomic mass is 32.1. The van der Waals surface area contributed by atoms with E-state index in [1.807, 2.05) is 25.1 Å². The minimum Gasteiger partial charge on any atom is -0.397 e. The maximum Gasteiger partial charge on any atom is 0.263 e. The average Bonchev–Trinajstić information content (AvgIpc) is 2.82. The molecular formula is C16H22N2O2S. The molecule has 0 aliphatic carbocycles. The van der Waals surface area contributed by atoms with Gasteiger partial charge in [-0.15, -0.1) is 11.3 Å². The normalized spacial score (nSPS) is 12.5. The Morgan fingerprint density at radius 2 is 2.24 bits per heavy atom. The number of anilines is 1. The zero-order valence-electron chi connectivity index (χ0n) is 12.5. The van der Waals surface area contributed by atoms with Crippen LogP contribution in [-0.2, 0) is 0 Å². The Labute approximate surface area is 129 Å². The van der Waals surface area contributed by atoms with Crippen molar-refractivity contribution in [2.75, 3.05) is 18.9 Å². The van der Waals surface area contributed by atoms with Gasteiger partial charge in [0.15, 0.2) is 0 Å². The monoisotopic (exact) mass is 306 g/mol. The van der Waals surface area contributed by atoms with Crippen LogP contribution in [0.3, 0.4) is 0 Å². The molecular weight excluding hydrogens is 284 g/mol. The van der Waals surface area contributed by atoms with Crippen molar-refractivity contribution in [3.63, 3.8) is 0 Å². The Bertz CT molecular complexity index is 636. The first-order valence-electron chi connectivity index (χ1n) is 7.25. The van der Waals surface area contributed by atoms with Gasteiger partial charge in [-0.1, -0.05) is 31.5 Å². The molecule has 0 bridgehead atoms. The van der Waals surface area contributed by atoms with Crippen molar-refractivity contribution in [1.29, 1.82) is 0 Å². The van der Waals surface area contributed by atoms with Gasteiger partial charge >= 0.3 is 0 Å². The van der Waals surface area contributed by atoms with E-state index in [0.29, 0.717) is 29.4 Å². The lowest BCUT2D eigenvalue weighted by atomic mass is 10.0. The summed E-state index contributed by atoms with van der Waals surface area (Å²) >= 11 is 1.44. The van der Waals surface area contributed by atoms with Crippen LogP contribution in [0.5, 0.6) is 0 Å². The van der Waals surface area contributed by atoms with Gasteiger partial charge in [0.05, 0.1) is 5.69 Å². The van der Waals surface area contributed by atoms with Gasteiger partial charge in [-0.3, -0.25) is 4.79 Å². The second-order valence-electron chi connectivity index (χ2n) is 5.29. The van der Waals surface area contributed by atoms with Crippen molar-refractivity contribution < 1.29 is 9.90 Å². The molecule has 21 heavy (non-hydrogen) atoms. The number of fused-ring (bicyclic) bond motifs is 1. The predicted octanol–water partition coefficient (Wildman–Crippen LogP) is 2.93. The highest BCUT2D eigenvalue weighted by molar-refractivity contribution is 7.21. The zero-order valence-corrected chi connectivity index (χ0v) is 13.3. The third-order valence-electron chi connectivity index (χ3n) is 3.82. The second-order valence-corrected chi connectivity index (χ2v) is 6.31. The molecule has 0 fully saturated rings. The smallest absolute Gasteiger partial charge is 0.263 e. The number of nitrogens with one attached hydrogen (secondary N) is 1. The number of thiophene rings is 1. The number of carbonyl (C=O) groups excluding carboxylic acids is 1. The quantitative estimate of drug-likeness (QED) is 0.768. The number of hydrogen-bond acceptors (Lipinski definition) is 4. The largest absolute Gasteiger partial charge is 0.397 e. The number of hydrogen-bond donors (Lipinski definition) is 3. The van der Waals surface area contributed by atoms with Crippen LogP contribution >= 0.6 is 11.3 Å². The number of aliphatic hydroxyl groups is 1. The van der Waals surface area contributed by atoms with E-state index in [1.54, 1.807) is 0 Å². The van der Waals surface area contributed by atoms with Gasteiger partial charge in [0.1, 0.15) is 4.88 Å². The fourth-order valence-corrected chi connectivity index (χ4v) is 3.50. The topological polar surface area (TPSA) is 75.3 Å². The molecule has 4 nitrogen and oxygen atoms in total. The maximum atomic E-state index is 12.3. The average molecular weight is 306 g/mol. The molecule has 0 saturated carbocycles. The molecule has 1 heterocycles. The van der Waals surface area contributed by atoms with E-state index in [-0.39, 0.29) is 12.5 Å². The third kappa shape index (κ3) is 3.36. The minimum atomic E-state index is -0.121. The number of rotatable bonds is 6. The first-order valence-corrected chi connectivity index (χ1v) is 8.06. The summed E-state index contributed by atoms with van der Waals surface area (Å²) < 4.78 is 1.07. The fraction of sp³-hybridized carbons (Fsp3) is 0.438. The van der Waals surface area contributed by atoms with E-state index in [1.165, 1.54) is 11.3 Å². The van der Waals surface area contributed by atoms with Gasteiger partial charge < -0.3 is 16.2 Å². The summed E-state index contributed by atoms with van der Waals surface area (Å²) in [5, 5.41) is 12.9. The highest BCUT2D eigenvalue weighted by Gasteiger charge is 2.18. The first kappa shape index (κ1) is 15.8. The van der Waals surface area contributed by atoms with Crippen molar-refractivity contribution in [2.24, 2.45) is 5.92 Å². The fourth-order valence-electron chi connectivity index (χ4n) is 2.40. The van der Waals surface area contributed by atoms with Crippen molar-refractivity contribution >= 4 is 33.0 Å². The van der Waals surface area contributed by atoms with E-state index in [0.717, 1.165) is 22.1 Å². The van der Waals surface area contributed by atoms with Gasteiger partial charge in [0.2, 0.25) is 0 Å². The molecule has 0 radical (unpaired) electrons. The molecule has 1 atom stereocenters. The Hall–Kier alpha value is -1.59. The summed E-state index contributed by atoms with van der Waals surface area (Å²) in [4.78, 5) is 12.9.